The monoisotopic (exact) mass is 306 g/mol. The quantitative estimate of drug-likeness (QED) is 0.814. The van der Waals surface area contributed by atoms with Gasteiger partial charge in [0.2, 0.25) is 0 Å². The fourth-order valence-electron chi connectivity index (χ4n) is 1.98. The number of methoxy groups -OCH3 is 1. The molecule has 0 spiro atoms. The predicted octanol–water partition coefficient (Wildman–Crippen LogP) is 2.94. The smallest absolute Gasteiger partial charge is 0.119 e. The maximum Gasteiger partial charge on any atom is 0.119 e. The van der Waals surface area contributed by atoms with Gasteiger partial charge in [-0.3, -0.25) is 0 Å². The number of aryl methyl sites for hydroxylation is 1. The van der Waals surface area contributed by atoms with Gasteiger partial charge in [-0.05, 0) is 26.1 Å². The van der Waals surface area contributed by atoms with Crippen LogP contribution in [0.25, 0.3) is 0 Å². The van der Waals surface area contributed by atoms with Gasteiger partial charge in [-0.1, -0.05) is 17.7 Å². The average Bonchev–Trinajstić information content (AvgIpc) is 2.84. The summed E-state index contributed by atoms with van der Waals surface area (Å²) in [6, 6.07) is 8.11. The molecule has 0 amide bonds. The van der Waals surface area contributed by atoms with Crippen LogP contribution in [0.5, 0.6) is 5.75 Å². The Labute approximate surface area is 130 Å². The highest BCUT2D eigenvalue weighted by atomic mass is 32.1. The molecule has 0 aliphatic heterocycles. The minimum absolute atomic E-state index is 0.562. The number of aromatic nitrogens is 1. The van der Waals surface area contributed by atoms with Gasteiger partial charge in [0.1, 0.15) is 5.75 Å². The Bertz CT molecular complexity index is 528. The highest BCUT2D eigenvalue weighted by Crippen LogP contribution is 2.20. The summed E-state index contributed by atoms with van der Waals surface area (Å²) in [7, 11) is 3.64. The molecule has 1 aromatic heterocycles. The lowest BCUT2D eigenvalue weighted by Crippen LogP contribution is -2.06. The molecule has 21 heavy (non-hydrogen) atoms. The van der Waals surface area contributed by atoms with E-state index in [-0.39, 0.29) is 0 Å². The molecule has 0 atom stereocenters. The molecule has 114 valence electrons. The van der Waals surface area contributed by atoms with Crippen LogP contribution >= 0.6 is 11.3 Å². The maximum atomic E-state index is 5.75. The van der Waals surface area contributed by atoms with E-state index in [2.05, 4.69) is 29.4 Å². The fraction of sp³-hybridized carbons (Fsp3) is 0.438. The third-order valence-electron chi connectivity index (χ3n) is 3.05. The first kappa shape index (κ1) is 15.9. The summed E-state index contributed by atoms with van der Waals surface area (Å²) >= 11 is 1.73. The molecule has 0 aliphatic rings. The zero-order valence-electron chi connectivity index (χ0n) is 12.8. The molecule has 2 rings (SSSR count). The largest absolute Gasteiger partial charge is 0.493 e. The summed E-state index contributed by atoms with van der Waals surface area (Å²) in [5.74, 6) is 0.907. The van der Waals surface area contributed by atoms with Crippen molar-refractivity contribution >= 4 is 11.3 Å². The van der Waals surface area contributed by atoms with E-state index in [1.165, 1.54) is 10.4 Å². The van der Waals surface area contributed by atoms with Gasteiger partial charge >= 0.3 is 0 Å². The summed E-state index contributed by atoms with van der Waals surface area (Å²) in [4.78, 5) is 5.88. The number of hydrogen-bond donors (Lipinski definition) is 1. The first-order chi connectivity index (χ1) is 10.2. The van der Waals surface area contributed by atoms with E-state index in [4.69, 9.17) is 9.47 Å². The van der Waals surface area contributed by atoms with Crippen molar-refractivity contribution in [2.45, 2.75) is 26.5 Å². The highest BCUT2D eigenvalue weighted by Gasteiger charge is 2.10. The minimum Gasteiger partial charge on any atom is -0.493 e. The van der Waals surface area contributed by atoms with Crippen LogP contribution in [-0.4, -0.2) is 25.7 Å². The van der Waals surface area contributed by atoms with Gasteiger partial charge < -0.3 is 14.8 Å². The lowest BCUT2D eigenvalue weighted by atomic mass is 10.2. The van der Waals surface area contributed by atoms with E-state index in [0.29, 0.717) is 13.2 Å². The minimum atomic E-state index is 0.562. The molecule has 0 unspecified atom stereocenters. The molecule has 4 nitrogen and oxygen atoms in total. The Morgan fingerprint density at radius 2 is 2.00 bits per heavy atom. The molecule has 1 aromatic carbocycles. The summed E-state index contributed by atoms with van der Waals surface area (Å²) in [6.07, 6.45) is 0.818. The van der Waals surface area contributed by atoms with Crippen molar-refractivity contribution in [2.24, 2.45) is 0 Å². The van der Waals surface area contributed by atoms with Crippen molar-refractivity contribution in [1.82, 2.24) is 10.3 Å². The van der Waals surface area contributed by atoms with Gasteiger partial charge in [-0.15, -0.1) is 11.3 Å². The molecule has 0 bridgehead atoms. The number of ether oxygens (including phenoxy) is 2. The van der Waals surface area contributed by atoms with E-state index < -0.39 is 0 Å². The number of hydrogen-bond acceptors (Lipinski definition) is 5. The second-order valence-corrected chi connectivity index (χ2v) is 6.02. The number of rotatable bonds is 8. The van der Waals surface area contributed by atoms with Crippen molar-refractivity contribution < 1.29 is 9.47 Å². The van der Waals surface area contributed by atoms with Crippen LogP contribution < -0.4 is 10.1 Å². The van der Waals surface area contributed by atoms with Crippen LogP contribution in [0, 0.1) is 6.92 Å². The van der Waals surface area contributed by atoms with E-state index in [0.717, 1.165) is 29.4 Å². The Hall–Kier alpha value is -1.43. The molecule has 1 heterocycles. The van der Waals surface area contributed by atoms with Crippen molar-refractivity contribution in [3.8, 4) is 5.75 Å². The first-order valence-electron chi connectivity index (χ1n) is 7.03. The Morgan fingerprint density at radius 3 is 2.67 bits per heavy atom. The van der Waals surface area contributed by atoms with Gasteiger partial charge in [0.25, 0.3) is 0 Å². The van der Waals surface area contributed by atoms with E-state index >= 15 is 0 Å². The van der Waals surface area contributed by atoms with Gasteiger partial charge in [-0.2, -0.15) is 0 Å². The van der Waals surface area contributed by atoms with Crippen LogP contribution in [0.3, 0.4) is 0 Å². The second-order valence-electron chi connectivity index (χ2n) is 4.85. The van der Waals surface area contributed by atoms with Crippen LogP contribution in [0.1, 0.15) is 21.1 Å². The SMILES string of the molecule is CNCc1sc(CCOc2ccc(C)cc2)nc1COC. The van der Waals surface area contributed by atoms with Gasteiger partial charge in [0.05, 0.1) is 23.9 Å². The van der Waals surface area contributed by atoms with E-state index in [9.17, 15) is 0 Å². The van der Waals surface area contributed by atoms with Gasteiger partial charge in [0.15, 0.2) is 0 Å². The molecular weight excluding hydrogens is 284 g/mol. The van der Waals surface area contributed by atoms with Crippen molar-refractivity contribution in [1.29, 1.82) is 0 Å². The molecule has 0 saturated heterocycles. The van der Waals surface area contributed by atoms with Crippen molar-refractivity contribution in [3.05, 3.63) is 45.4 Å². The van der Waals surface area contributed by atoms with Crippen LogP contribution in [-0.2, 0) is 24.3 Å². The molecule has 1 N–H and O–H groups in total. The van der Waals surface area contributed by atoms with Crippen molar-refractivity contribution in [2.75, 3.05) is 20.8 Å². The topological polar surface area (TPSA) is 43.4 Å². The summed E-state index contributed by atoms with van der Waals surface area (Å²) < 4.78 is 11.0. The Kier molecular flexibility index (Phi) is 6.17. The number of thiazole rings is 1. The van der Waals surface area contributed by atoms with E-state index in [1.807, 2.05) is 19.2 Å². The third kappa shape index (κ3) is 4.81. The molecule has 5 heteroatoms. The van der Waals surface area contributed by atoms with Gasteiger partial charge in [-0.25, -0.2) is 4.98 Å². The van der Waals surface area contributed by atoms with Crippen LogP contribution in [0.2, 0.25) is 0 Å². The number of nitrogens with zero attached hydrogens (tertiary/aromatic N) is 1. The molecular formula is C16H22N2O2S. The van der Waals surface area contributed by atoms with Gasteiger partial charge in [0, 0.05) is 25.0 Å². The zero-order chi connectivity index (χ0) is 15.1. The number of benzene rings is 1. The molecule has 0 fully saturated rings. The highest BCUT2D eigenvalue weighted by molar-refractivity contribution is 7.11. The summed E-state index contributed by atoms with van der Waals surface area (Å²) in [5, 5.41) is 4.26. The predicted molar refractivity (Wildman–Crippen MR) is 86.0 cm³/mol. The Balaban J connectivity index is 1.90. The second kappa shape index (κ2) is 8.12. The maximum absolute atomic E-state index is 5.75. The first-order valence-corrected chi connectivity index (χ1v) is 7.85. The van der Waals surface area contributed by atoms with Crippen LogP contribution in [0.4, 0.5) is 0 Å². The standard InChI is InChI=1S/C16H22N2O2S/c1-12-4-6-13(7-5-12)20-9-8-16-18-14(11-19-3)15(21-16)10-17-2/h4-7,17H,8-11H2,1-3H3. The molecule has 0 saturated carbocycles. The van der Waals surface area contributed by atoms with Crippen molar-refractivity contribution in [3.63, 3.8) is 0 Å². The molecule has 0 radical (unpaired) electrons. The lowest BCUT2D eigenvalue weighted by Gasteiger charge is -2.04. The molecule has 2 aromatic rings. The van der Waals surface area contributed by atoms with E-state index in [1.54, 1.807) is 18.4 Å². The van der Waals surface area contributed by atoms with Crippen LogP contribution in [0.15, 0.2) is 24.3 Å². The molecule has 0 aliphatic carbocycles. The zero-order valence-corrected chi connectivity index (χ0v) is 13.6. The fourth-order valence-corrected chi connectivity index (χ4v) is 3.05. The number of nitrogens with one attached hydrogen (secondary N) is 1. The lowest BCUT2D eigenvalue weighted by molar-refractivity contribution is 0.181. The third-order valence-corrected chi connectivity index (χ3v) is 4.20. The summed E-state index contributed by atoms with van der Waals surface area (Å²) in [5.41, 5.74) is 2.27. The summed E-state index contributed by atoms with van der Waals surface area (Å²) in [6.45, 7) is 4.10. The average molecular weight is 306 g/mol. The normalized spacial score (nSPS) is 10.8. The Morgan fingerprint density at radius 1 is 1.24 bits per heavy atom.